The number of nitrogens with zero attached hydrogens (tertiary/aromatic N) is 5. The molecule has 1 aliphatic heterocycles. The average molecular weight is 319 g/mol. The fourth-order valence-corrected chi connectivity index (χ4v) is 3.80. The molecule has 0 atom stereocenters. The fourth-order valence-electron chi connectivity index (χ4n) is 2.82. The van der Waals surface area contributed by atoms with E-state index in [9.17, 15) is 4.79 Å². The van der Waals surface area contributed by atoms with Crippen molar-refractivity contribution in [2.24, 2.45) is 0 Å². The van der Waals surface area contributed by atoms with Crippen LogP contribution in [0.25, 0.3) is 10.2 Å². The maximum absolute atomic E-state index is 12.0. The van der Waals surface area contributed by atoms with Crippen molar-refractivity contribution in [1.29, 1.82) is 0 Å². The molecule has 0 radical (unpaired) electrons. The van der Waals surface area contributed by atoms with Crippen molar-refractivity contribution in [1.82, 2.24) is 19.8 Å². The normalized spacial score (nSPS) is 16.0. The monoisotopic (exact) mass is 319 g/mol. The van der Waals surface area contributed by atoms with Gasteiger partial charge in [-0.15, -0.1) is 0 Å². The zero-order chi connectivity index (χ0) is 15.7. The van der Waals surface area contributed by atoms with E-state index in [1.807, 2.05) is 24.2 Å². The number of anilines is 1. The number of amides is 2. The van der Waals surface area contributed by atoms with Crippen LogP contribution in [-0.2, 0) is 0 Å². The number of rotatable bonds is 2. The van der Waals surface area contributed by atoms with Crippen LogP contribution in [0.4, 0.5) is 9.93 Å². The number of pyridine rings is 1. The number of thiazole rings is 1. The summed E-state index contributed by atoms with van der Waals surface area (Å²) in [4.78, 5) is 26.6. The van der Waals surface area contributed by atoms with Crippen LogP contribution in [0.15, 0.2) is 18.5 Å². The zero-order valence-corrected chi connectivity index (χ0v) is 14.0. The van der Waals surface area contributed by atoms with E-state index in [-0.39, 0.29) is 6.03 Å². The van der Waals surface area contributed by atoms with Crippen LogP contribution in [-0.4, -0.2) is 66.1 Å². The molecule has 22 heavy (non-hydrogen) atoms. The highest BCUT2D eigenvalue weighted by molar-refractivity contribution is 7.22. The Kier molecular flexibility index (Phi) is 4.15. The molecule has 2 aromatic rings. The van der Waals surface area contributed by atoms with Crippen molar-refractivity contribution in [2.45, 2.75) is 18.9 Å². The topological polar surface area (TPSA) is 52.6 Å². The lowest BCUT2D eigenvalue weighted by Crippen LogP contribution is -2.48. The second kappa shape index (κ2) is 6.08. The maximum atomic E-state index is 12.0. The number of hydrogen-bond acceptors (Lipinski definition) is 5. The first-order valence-electron chi connectivity index (χ1n) is 7.46. The van der Waals surface area contributed by atoms with Crippen LogP contribution < -0.4 is 4.90 Å². The van der Waals surface area contributed by atoms with Crippen molar-refractivity contribution in [2.75, 3.05) is 39.1 Å². The van der Waals surface area contributed by atoms with Gasteiger partial charge in [-0.2, -0.15) is 0 Å². The lowest BCUT2D eigenvalue weighted by molar-refractivity contribution is 0.155. The lowest BCUT2D eigenvalue weighted by Gasteiger charge is -2.37. The molecule has 2 aromatic heterocycles. The molecule has 1 aliphatic rings. The van der Waals surface area contributed by atoms with E-state index in [0.29, 0.717) is 6.04 Å². The van der Waals surface area contributed by atoms with Gasteiger partial charge in [0.1, 0.15) is 5.52 Å². The van der Waals surface area contributed by atoms with E-state index in [1.54, 1.807) is 36.5 Å². The van der Waals surface area contributed by atoms with Crippen molar-refractivity contribution in [3.8, 4) is 0 Å². The largest absolute Gasteiger partial charge is 0.348 e. The quantitative estimate of drug-likeness (QED) is 0.852. The van der Waals surface area contributed by atoms with Crippen LogP contribution >= 0.6 is 11.3 Å². The summed E-state index contributed by atoms with van der Waals surface area (Å²) in [5, 5.41) is 1.06. The van der Waals surface area contributed by atoms with Gasteiger partial charge in [-0.05, 0) is 18.9 Å². The average Bonchev–Trinajstić information content (AvgIpc) is 2.97. The van der Waals surface area contributed by atoms with Gasteiger partial charge >= 0.3 is 6.03 Å². The molecule has 7 heteroatoms. The van der Waals surface area contributed by atoms with Crippen LogP contribution in [0.5, 0.6) is 0 Å². The van der Waals surface area contributed by atoms with Crippen molar-refractivity contribution < 1.29 is 4.79 Å². The van der Waals surface area contributed by atoms with Crippen LogP contribution in [0.1, 0.15) is 12.8 Å². The highest BCUT2D eigenvalue weighted by atomic mass is 32.1. The molecule has 0 spiro atoms. The Morgan fingerprint density at radius 1 is 1.32 bits per heavy atom. The summed E-state index contributed by atoms with van der Waals surface area (Å²) < 4.78 is 1.17. The first-order valence-corrected chi connectivity index (χ1v) is 8.27. The van der Waals surface area contributed by atoms with E-state index >= 15 is 0 Å². The second-order valence-corrected chi connectivity index (χ2v) is 6.86. The Morgan fingerprint density at radius 2 is 2.05 bits per heavy atom. The van der Waals surface area contributed by atoms with Crippen molar-refractivity contribution in [3.05, 3.63) is 18.5 Å². The Bertz CT molecular complexity index is 630. The molecular weight excluding hydrogens is 298 g/mol. The highest BCUT2D eigenvalue weighted by Crippen LogP contribution is 2.30. The molecule has 0 bridgehead atoms. The van der Waals surface area contributed by atoms with E-state index in [2.05, 4.69) is 14.9 Å². The first-order chi connectivity index (χ1) is 10.6. The van der Waals surface area contributed by atoms with Gasteiger partial charge in [-0.25, -0.2) is 9.78 Å². The van der Waals surface area contributed by atoms with Crippen LogP contribution in [0, 0.1) is 0 Å². The molecule has 3 heterocycles. The molecule has 3 rings (SSSR count). The van der Waals surface area contributed by atoms with Gasteiger partial charge in [-0.1, -0.05) is 11.3 Å². The van der Waals surface area contributed by atoms with Crippen LogP contribution in [0.3, 0.4) is 0 Å². The van der Waals surface area contributed by atoms with Gasteiger partial charge in [0.25, 0.3) is 0 Å². The van der Waals surface area contributed by atoms with Gasteiger partial charge in [0.2, 0.25) is 0 Å². The number of piperidine rings is 1. The molecule has 6 nitrogen and oxygen atoms in total. The Balaban J connectivity index is 1.65. The Labute approximate surface area is 134 Å². The summed E-state index contributed by atoms with van der Waals surface area (Å²) in [6.07, 6.45) is 5.57. The lowest BCUT2D eigenvalue weighted by atomic mass is 10.0. The van der Waals surface area contributed by atoms with E-state index in [0.717, 1.165) is 36.6 Å². The minimum absolute atomic E-state index is 0.0736. The number of carbonyl (C=O) groups excluding carboxylic acids is 1. The fraction of sp³-hybridized carbons (Fsp3) is 0.533. The predicted molar refractivity (Wildman–Crippen MR) is 89.5 cm³/mol. The summed E-state index contributed by atoms with van der Waals surface area (Å²) in [5.41, 5.74) is 0.963. The summed E-state index contributed by atoms with van der Waals surface area (Å²) in [5.74, 6) is 0. The number of fused-ring (bicyclic) bond motifs is 1. The standard InChI is InChI=1S/C15H21N5OS/c1-18(2)15(21)19(3)11-5-8-20(9-6-11)14-17-12-10-16-7-4-13(12)22-14/h4,7,10-11H,5-6,8-9H2,1-3H3. The molecule has 1 fully saturated rings. The molecule has 0 aliphatic carbocycles. The third-order valence-corrected chi connectivity index (χ3v) is 5.24. The summed E-state index contributed by atoms with van der Waals surface area (Å²) in [6, 6.07) is 2.39. The molecule has 0 unspecified atom stereocenters. The van der Waals surface area contributed by atoms with Gasteiger partial charge < -0.3 is 14.7 Å². The number of hydrogen-bond donors (Lipinski definition) is 0. The third kappa shape index (κ3) is 2.85. The van der Waals surface area contributed by atoms with Gasteiger partial charge in [0.15, 0.2) is 5.13 Å². The second-order valence-electron chi connectivity index (χ2n) is 5.85. The third-order valence-electron chi connectivity index (χ3n) is 4.15. The number of carbonyl (C=O) groups is 1. The van der Waals surface area contributed by atoms with Gasteiger partial charge in [-0.3, -0.25) is 4.98 Å². The first kappa shape index (κ1) is 15.0. The molecule has 1 saturated heterocycles. The molecule has 0 aromatic carbocycles. The van der Waals surface area contributed by atoms with Gasteiger partial charge in [0.05, 0.1) is 10.9 Å². The molecule has 0 N–H and O–H groups in total. The van der Waals surface area contributed by atoms with Crippen LogP contribution in [0.2, 0.25) is 0 Å². The van der Waals surface area contributed by atoms with E-state index in [1.165, 1.54) is 4.70 Å². The SMILES string of the molecule is CN(C)C(=O)N(C)C1CCN(c2nc3cnccc3s2)CC1. The number of aromatic nitrogens is 2. The van der Waals surface area contributed by atoms with Crippen molar-refractivity contribution in [3.63, 3.8) is 0 Å². The number of urea groups is 1. The van der Waals surface area contributed by atoms with E-state index in [4.69, 9.17) is 0 Å². The van der Waals surface area contributed by atoms with Crippen molar-refractivity contribution >= 4 is 32.7 Å². The smallest absolute Gasteiger partial charge is 0.319 e. The minimum atomic E-state index is 0.0736. The Morgan fingerprint density at radius 3 is 2.68 bits per heavy atom. The summed E-state index contributed by atoms with van der Waals surface area (Å²) in [6.45, 7) is 1.87. The van der Waals surface area contributed by atoms with Gasteiger partial charge in [0, 0.05) is 46.5 Å². The highest BCUT2D eigenvalue weighted by Gasteiger charge is 2.27. The Hall–Kier alpha value is -1.89. The predicted octanol–water partition coefficient (Wildman–Crippen LogP) is 2.27. The summed E-state index contributed by atoms with van der Waals surface area (Å²) >= 11 is 1.71. The molecule has 118 valence electrons. The molecular formula is C15H21N5OS. The maximum Gasteiger partial charge on any atom is 0.319 e. The molecule has 0 saturated carbocycles. The van der Waals surface area contributed by atoms with E-state index < -0.39 is 0 Å². The summed E-state index contributed by atoms with van der Waals surface area (Å²) in [7, 11) is 5.48. The molecule has 2 amide bonds. The minimum Gasteiger partial charge on any atom is -0.348 e. The zero-order valence-electron chi connectivity index (χ0n) is 13.2.